The zero-order valence-corrected chi connectivity index (χ0v) is 11.5. The molecule has 0 bridgehead atoms. The van der Waals surface area contributed by atoms with Crippen LogP contribution in [0.4, 0.5) is 13.2 Å². The lowest BCUT2D eigenvalue weighted by molar-refractivity contribution is -0.138. The predicted octanol–water partition coefficient (Wildman–Crippen LogP) is 2.70. The molecule has 3 N–H and O–H groups in total. The Morgan fingerprint density at radius 1 is 1.35 bits per heavy atom. The van der Waals surface area contributed by atoms with E-state index >= 15 is 0 Å². The number of carbonyl (C=O) groups is 1. The SMILES string of the molecule is CCC(C)[C@H](N)C(=O)NCc1ccccc1C(F)(F)F. The molecule has 20 heavy (non-hydrogen) atoms. The lowest BCUT2D eigenvalue weighted by Gasteiger charge is -2.19. The molecule has 3 nitrogen and oxygen atoms in total. The van der Waals surface area contributed by atoms with Crippen molar-refractivity contribution in [3.05, 3.63) is 35.4 Å². The maximum Gasteiger partial charge on any atom is 0.416 e. The van der Waals surface area contributed by atoms with E-state index in [1.165, 1.54) is 18.2 Å². The summed E-state index contributed by atoms with van der Waals surface area (Å²) in [6.07, 6.45) is -3.70. The van der Waals surface area contributed by atoms with Crippen LogP contribution in [-0.2, 0) is 17.5 Å². The number of hydrogen-bond donors (Lipinski definition) is 2. The number of carbonyl (C=O) groups excluding carboxylic acids is 1. The van der Waals surface area contributed by atoms with E-state index in [0.717, 1.165) is 12.5 Å². The number of halogens is 3. The van der Waals surface area contributed by atoms with E-state index < -0.39 is 23.7 Å². The lowest BCUT2D eigenvalue weighted by Crippen LogP contribution is -2.44. The average Bonchev–Trinajstić information content (AvgIpc) is 2.42. The van der Waals surface area contributed by atoms with Gasteiger partial charge in [0.1, 0.15) is 0 Å². The molecular weight excluding hydrogens is 269 g/mol. The van der Waals surface area contributed by atoms with E-state index in [0.29, 0.717) is 0 Å². The molecule has 112 valence electrons. The number of nitrogens with one attached hydrogen (secondary N) is 1. The predicted molar refractivity (Wildman–Crippen MR) is 70.7 cm³/mol. The van der Waals surface area contributed by atoms with Gasteiger partial charge in [-0.1, -0.05) is 38.5 Å². The minimum Gasteiger partial charge on any atom is -0.351 e. The van der Waals surface area contributed by atoms with Gasteiger partial charge in [0.15, 0.2) is 0 Å². The molecule has 1 aromatic rings. The lowest BCUT2D eigenvalue weighted by atomic mass is 9.99. The standard InChI is InChI=1S/C14H19F3N2O/c1-3-9(2)12(18)13(20)19-8-10-6-4-5-7-11(10)14(15,16)17/h4-7,9,12H,3,8,18H2,1-2H3,(H,19,20)/t9?,12-/m0/s1. The Bertz CT molecular complexity index is 460. The zero-order chi connectivity index (χ0) is 15.3. The van der Waals surface area contributed by atoms with Crippen LogP contribution >= 0.6 is 0 Å². The maximum atomic E-state index is 12.8. The smallest absolute Gasteiger partial charge is 0.351 e. The van der Waals surface area contributed by atoms with Crippen LogP contribution in [0.2, 0.25) is 0 Å². The molecule has 0 aliphatic rings. The first-order valence-electron chi connectivity index (χ1n) is 6.45. The molecule has 2 atom stereocenters. The fourth-order valence-electron chi connectivity index (χ4n) is 1.76. The first kappa shape index (κ1) is 16.5. The minimum atomic E-state index is -4.43. The topological polar surface area (TPSA) is 55.1 Å². The van der Waals surface area contributed by atoms with Crippen LogP contribution in [0.3, 0.4) is 0 Å². The van der Waals surface area contributed by atoms with Gasteiger partial charge in [-0.3, -0.25) is 4.79 Å². The summed E-state index contributed by atoms with van der Waals surface area (Å²) in [5.41, 5.74) is 5.02. The number of nitrogens with two attached hydrogens (primary N) is 1. The third-order valence-corrected chi connectivity index (χ3v) is 3.34. The van der Waals surface area contributed by atoms with Crippen LogP contribution in [0.25, 0.3) is 0 Å². The van der Waals surface area contributed by atoms with Crippen LogP contribution in [-0.4, -0.2) is 11.9 Å². The second-order valence-corrected chi connectivity index (χ2v) is 4.78. The molecule has 6 heteroatoms. The van der Waals surface area contributed by atoms with E-state index in [1.54, 1.807) is 0 Å². The molecule has 0 aliphatic heterocycles. The molecule has 0 fully saturated rings. The molecule has 0 radical (unpaired) electrons. The fourth-order valence-corrected chi connectivity index (χ4v) is 1.76. The summed E-state index contributed by atoms with van der Waals surface area (Å²) in [7, 11) is 0. The molecule has 1 aromatic carbocycles. The van der Waals surface area contributed by atoms with Crippen molar-refractivity contribution in [2.45, 2.75) is 39.0 Å². The summed E-state index contributed by atoms with van der Waals surface area (Å²) in [6, 6.07) is 4.45. The van der Waals surface area contributed by atoms with Gasteiger partial charge in [0.2, 0.25) is 5.91 Å². The van der Waals surface area contributed by atoms with Crippen molar-refractivity contribution in [3.8, 4) is 0 Å². The largest absolute Gasteiger partial charge is 0.416 e. The Kier molecular flexibility index (Phi) is 5.56. The van der Waals surface area contributed by atoms with Gasteiger partial charge in [0.05, 0.1) is 11.6 Å². The summed E-state index contributed by atoms with van der Waals surface area (Å²) in [5.74, 6) is -0.454. The number of benzene rings is 1. The Morgan fingerprint density at radius 2 is 1.95 bits per heavy atom. The zero-order valence-electron chi connectivity index (χ0n) is 11.5. The molecule has 0 saturated carbocycles. The van der Waals surface area contributed by atoms with Crippen molar-refractivity contribution in [1.29, 1.82) is 0 Å². The van der Waals surface area contributed by atoms with Gasteiger partial charge in [-0.2, -0.15) is 13.2 Å². The number of hydrogen-bond acceptors (Lipinski definition) is 2. The monoisotopic (exact) mass is 288 g/mol. The second-order valence-electron chi connectivity index (χ2n) is 4.78. The van der Waals surface area contributed by atoms with Crippen molar-refractivity contribution in [1.82, 2.24) is 5.32 Å². The van der Waals surface area contributed by atoms with Gasteiger partial charge in [0, 0.05) is 6.54 Å². The Balaban J connectivity index is 2.74. The van der Waals surface area contributed by atoms with Crippen LogP contribution in [0.5, 0.6) is 0 Å². The van der Waals surface area contributed by atoms with Crippen LogP contribution in [0.1, 0.15) is 31.4 Å². The minimum absolute atomic E-state index is 0.0205. The van der Waals surface area contributed by atoms with Gasteiger partial charge in [-0.25, -0.2) is 0 Å². The molecule has 1 rings (SSSR count). The normalized spacial score (nSPS) is 14.7. The summed E-state index contributed by atoms with van der Waals surface area (Å²) < 4.78 is 38.3. The van der Waals surface area contributed by atoms with Gasteiger partial charge >= 0.3 is 6.18 Å². The maximum absolute atomic E-state index is 12.8. The number of alkyl halides is 3. The molecule has 0 heterocycles. The van der Waals surface area contributed by atoms with Crippen molar-refractivity contribution in [2.24, 2.45) is 11.7 Å². The summed E-state index contributed by atoms with van der Waals surface area (Å²) >= 11 is 0. The summed E-state index contributed by atoms with van der Waals surface area (Å²) in [6.45, 7) is 3.54. The van der Waals surface area contributed by atoms with Crippen molar-refractivity contribution >= 4 is 5.91 Å². The first-order valence-corrected chi connectivity index (χ1v) is 6.45. The van der Waals surface area contributed by atoms with Crippen LogP contribution in [0.15, 0.2) is 24.3 Å². The molecule has 0 aromatic heterocycles. The van der Waals surface area contributed by atoms with E-state index in [4.69, 9.17) is 5.73 Å². The van der Waals surface area contributed by atoms with Gasteiger partial charge in [-0.05, 0) is 17.5 Å². The van der Waals surface area contributed by atoms with E-state index in [-0.39, 0.29) is 18.0 Å². The number of rotatable bonds is 5. The Hall–Kier alpha value is -1.56. The Morgan fingerprint density at radius 3 is 2.50 bits per heavy atom. The highest BCUT2D eigenvalue weighted by atomic mass is 19.4. The highest BCUT2D eigenvalue weighted by Gasteiger charge is 2.33. The third kappa shape index (κ3) is 4.23. The molecule has 1 amide bonds. The molecule has 1 unspecified atom stereocenters. The van der Waals surface area contributed by atoms with Crippen molar-refractivity contribution < 1.29 is 18.0 Å². The van der Waals surface area contributed by atoms with Crippen molar-refractivity contribution in [3.63, 3.8) is 0 Å². The summed E-state index contributed by atoms with van der Waals surface area (Å²) in [5, 5.41) is 2.46. The van der Waals surface area contributed by atoms with Gasteiger partial charge in [-0.15, -0.1) is 0 Å². The average molecular weight is 288 g/mol. The highest BCUT2D eigenvalue weighted by molar-refractivity contribution is 5.81. The fraction of sp³-hybridized carbons (Fsp3) is 0.500. The molecular formula is C14H19F3N2O. The van der Waals surface area contributed by atoms with Gasteiger partial charge < -0.3 is 11.1 Å². The van der Waals surface area contributed by atoms with E-state index in [9.17, 15) is 18.0 Å². The number of amides is 1. The van der Waals surface area contributed by atoms with Gasteiger partial charge in [0.25, 0.3) is 0 Å². The Labute approximate surface area is 116 Å². The van der Waals surface area contributed by atoms with Crippen LogP contribution < -0.4 is 11.1 Å². The second kappa shape index (κ2) is 6.74. The van der Waals surface area contributed by atoms with E-state index in [2.05, 4.69) is 5.32 Å². The van der Waals surface area contributed by atoms with Crippen LogP contribution in [0, 0.1) is 5.92 Å². The quantitative estimate of drug-likeness (QED) is 0.875. The van der Waals surface area contributed by atoms with Crippen molar-refractivity contribution in [2.75, 3.05) is 0 Å². The third-order valence-electron chi connectivity index (χ3n) is 3.34. The summed E-state index contributed by atoms with van der Waals surface area (Å²) in [4.78, 5) is 11.8. The van der Waals surface area contributed by atoms with E-state index in [1.807, 2.05) is 13.8 Å². The highest BCUT2D eigenvalue weighted by Crippen LogP contribution is 2.31. The first-order chi connectivity index (χ1) is 9.27. The molecule has 0 aliphatic carbocycles. The molecule has 0 spiro atoms. The molecule has 0 saturated heterocycles.